The van der Waals surface area contributed by atoms with Gasteiger partial charge in [0.2, 0.25) is 0 Å². The molecule has 21 heavy (non-hydrogen) atoms. The van der Waals surface area contributed by atoms with Gasteiger partial charge < -0.3 is 15.5 Å². The predicted molar refractivity (Wildman–Crippen MR) is 81.0 cm³/mol. The second kappa shape index (κ2) is 6.30. The highest BCUT2D eigenvalue weighted by Gasteiger charge is 2.35. The number of nitrogens with one attached hydrogen (secondary N) is 1. The zero-order valence-corrected chi connectivity index (χ0v) is 12.7. The molecule has 5 nitrogen and oxygen atoms in total. The Kier molecular flexibility index (Phi) is 4.42. The van der Waals surface area contributed by atoms with Crippen molar-refractivity contribution in [3.63, 3.8) is 0 Å². The Balaban J connectivity index is 1.69. The number of aromatic hydroxyl groups is 1. The van der Waals surface area contributed by atoms with E-state index in [0.717, 1.165) is 5.56 Å². The van der Waals surface area contributed by atoms with Crippen molar-refractivity contribution in [1.82, 2.24) is 15.2 Å². The zero-order chi connectivity index (χ0) is 14.8. The van der Waals surface area contributed by atoms with Gasteiger partial charge in [-0.2, -0.15) is 0 Å². The van der Waals surface area contributed by atoms with Gasteiger partial charge in [0.15, 0.2) is 0 Å². The molecule has 3 rings (SSSR count). The molecule has 0 radical (unpaired) electrons. The molecular weight excluding hydrogens is 266 g/mol. The minimum absolute atomic E-state index is 0.0852. The van der Waals surface area contributed by atoms with Crippen LogP contribution in [0.25, 0.3) is 0 Å². The molecule has 0 bridgehead atoms. The van der Waals surface area contributed by atoms with E-state index < -0.39 is 0 Å². The fourth-order valence-corrected chi connectivity index (χ4v) is 3.74. The second-order valence-electron chi connectivity index (χ2n) is 6.23. The highest BCUT2D eigenvalue weighted by molar-refractivity contribution is 5.40. The first-order valence-electron chi connectivity index (χ1n) is 7.95. The lowest BCUT2D eigenvalue weighted by Gasteiger charge is -2.32. The van der Waals surface area contributed by atoms with Gasteiger partial charge in [-0.25, -0.2) is 0 Å². The zero-order valence-electron chi connectivity index (χ0n) is 12.7. The normalized spacial score (nSPS) is 26.0. The topological polar surface area (TPSA) is 68.6 Å². The summed E-state index contributed by atoms with van der Waals surface area (Å²) in [5, 5.41) is 23.2. The average molecular weight is 291 g/mol. The summed E-state index contributed by atoms with van der Waals surface area (Å²) in [5.41, 5.74) is 2.12. The van der Waals surface area contributed by atoms with E-state index in [0.29, 0.717) is 29.9 Å². The Morgan fingerprint density at radius 1 is 1.33 bits per heavy atom. The highest BCUT2D eigenvalue weighted by atomic mass is 16.3. The molecule has 1 aromatic heterocycles. The van der Waals surface area contributed by atoms with Crippen molar-refractivity contribution in [3.8, 4) is 5.75 Å². The molecule has 0 saturated carbocycles. The molecule has 3 N–H and O–H groups in total. The van der Waals surface area contributed by atoms with Crippen LogP contribution in [0.5, 0.6) is 5.75 Å². The molecule has 2 aliphatic heterocycles. The maximum absolute atomic E-state index is 10.2. The van der Waals surface area contributed by atoms with Gasteiger partial charge in [0.25, 0.3) is 0 Å². The van der Waals surface area contributed by atoms with Gasteiger partial charge >= 0.3 is 0 Å². The molecule has 0 aliphatic carbocycles. The summed E-state index contributed by atoms with van der Waals surface area (Å²) < 4.78 is 0. The van der Waals surface area contributed by atoms with Crippen LogP contribution in [0.1, 0.15) is 42.5 Å². The molecule has 0 amide bonds. The molecule has 2 saturated heterocycles. The van der Waals surface area contributed by atoms with E-state index in [1.165, 1.54) is 38.8 Å². The number of nitrogens with zero attached hydrogens (tertiary/aromatic N) is 2. The van der Waals surface area contributed by atoms with E-state index in [-0.39, 0.29) is 12.4 Å². The van der Waals surface area contributed by atoms with Gasteiger partial charge in [0, 0.05) is 42.5 Å². The molecule has 2 fully saturated rings. The maximum Gasteiger partial charge on any atom is 0.141 e. The summed E-state index contributed by atoms with van der Waals surface area (Å²) in [5.74, 6) is 0.215. The van der Waals surface area contributed by atoms with Gasteiger partial charge in [0.1, 0.15) is 5.75 Å². The van der Waals surface area contributed by atoms with E-state index in [2.05, 4.69) is 15.2 Å². The van der Waals surface area contributed by atoms with Crippen LogP contribution in [0.4, 0.5) is 0 Å². The van der Waals surface area contributed by atoms with Crippen molar-refractivity contribution >= 4 is 0 Å². The van der Waals surface area contributed by atoms with Crippen molar-refractivity contribution in [3.05, 3.63) is 23.0 Å². The number of hydrogen-bond donors (Lipinski definition) is 3. The molecular formula is C16H25N3O2. The fourth-order valence-electron chi connectivity index (χ4n) is 3.74. The number of aliphatic hydroxyl groups is 1. The number of pyridine rings is 1. The van der Waals surface area contributed by atoms with Crippen LogP contribution in [-0.2, 0) is 13.2 Å². The molecule has 5 heteroatoms. The first-order chi connectivity index (χ1) is 10.2. The van der Waals surface area contributed by atoms with E-state index in [4.69, 9.17) is 0 Å². The number of aliphatic hydroxyl groups excluding tert-OH is 1. The summed E-state index contributed by atoms with van der Waals surface area (Å²) in [6.45, 7) is 4.71. The van der Waals surface area contributed by atoms with Crippen LogP contribution >= 0.6 is 0 Å². The molecule has 2 atom stereocenters. The van der Waals surface area contributed by atoms with Crippen LogP contribution in [-0.4, -0.2) is 45.3 Å². The minimum Gasteiger partial charge on any atom is -0.506 e. The van der Waals surface area contributed by atoms with E-state index in [1.807, 2.05) is 0 Å². The minimum atomic E-state index is -0.0852. The summed E-state index contributed by atoms with van der Waals surface area (Å²) in [7, 11) is 0. The van der Waals surface area contributed by atoms with E-state index in [1.54, 1.807) is 13.1 Å². The van der Waals surface area contributed by atoms with Gasteiger partial charge in [-0.05, 0) is 32.7 Å². The van der Waals surface area contributed by atoms with Gasteiger partial charge in [0.05, 0.1) is 12.3 Å². The number of aromatic nitrogens is 1. The Morgan fingerprint density at radius 3 is 3.00 bits per heavy atom. The fraction of sp³-hybridized carbons (Fsp3) is 0.688. The van der Waals surface area contributed by atoms with Crippen LogP contribution in [0.3, 0.4) is 0 Å². The molecule has 0 spiro atoms. The lowest BCUT2D eigenvalue weighted by atomic mass is 9.98. The molecule has 1 aromatic rings. The third kappa shape index (κ3) is 2.91. The van der Waals surface area contributed by atoms with Crippen molar-refractivity contribution in [2.75, 3.05) is 13.1 Å². The van der Waals surface area contributed by atoms with Gasteiger partial charge in [-0.15, -0.1) is 0 Å². The SMILES string of the molecule is Cc1ncc(CO)c(CNC2CCN3CCCCC23)c1O. The summed E-state index contributed by atoms with van der Waals surface area (Å²) in [6.07, 6.45) is 6.74. The summed E-state index contributed by atoms with van der Waals surface area (Å²) >= 11 is 0. The van der Waals surface area contributed by atoms with Crippen LogP contribution < -0.4 is 5.32 Å². The third-order valence-electron chi connectivity index (χ3n) is 5.00. The monoisotopic (exact) mass is 291 g/mol. The van der Waals surface area contributed by atoms with Crippen LogP contribution in [0.15, 0.2) is 6.20 Å². The highest BCUT2D eigenvalue weighted by Crippen LogP contribution is 2.29. The second-order valence-corrected chi connectivity index (χ2v) is 6.23. The van der Waals surface area contributed by atoms with Gasteiger partial charge in [-0.3, -0.25) is 9.88 Å². The summed E-state index contributed by atoms with van der Waals surface area (Å²) in [6, 6.07) is 1.13. The van der Waals surface area contributed by atoms with Gasteiger partial charge in [-0.1, -0.05) is 6.42 Å². The standard InChI is InChI=1S/C16H25N3O2/c1-11-16(21)13(12(10-20)8-17-11)9-18-14-5-7-19-6-3-2-4-15(14)19/h8,14-15,18,20-21H,2-7,9-10H2,1H3. The Bertz CT molecular complexity index is 507. The largest absolute Gasteiger partial charge is 0.506 e. The van der Waals surface area contributed by atoms with E-state index in [9.17, 15) is 10.2 Å². The van der Waals surface area contributed by atoms with Crippen molar-refractivity contribution in [2.24, 2.45) is 0 Å². The number of fused-ring (bicyclic) bond motifs is 1. The smallest absolute Gasteiger partial charge is 0.141 e. The Hall–Kier alpha value is -1.17. The quantitative estimate of drug-likeness (QED) is 0.780. The maximum atomic E-state index is 10.2. The van der Waals surface area contributed by atoms with Crippen LogP contribution in [0, 0.1) is 6.92 Å². The number of rotatable bonds is 4. The first kappa shape index (κ1) is 14.8. The lowest BCUT2D eigenvalue weighted by molar-refractivity contribution is 0.180. The van der Waals surface area contributed by atoms with Crippen molar-refractivity contribution in [1.29, 1.82) is 0 Å². The average Bonchev–Trinajstić information content (AvgIpc) is 2.92. The summed E-state index contributed by atoms with van der Waals surface area (Å²) in [4.78, 5) is 6.70. The molecule has 0 aromatic carbocycles. The lowest BCUT2D eigenvalue weighted by Crippen LogP contribution is -2.44. The van der Waals surface area contributed by atoms with Crippen LogP contribution in [0.2, 0.25) is 0 Å². The van der Waals surface area contributed by atoms with Crippen molar-refractivity contribution in [2.45, 2.75) is 57.8 Å². The molecule has 3 heterocycles. The molecule has 2 aliphatic rings. The Morgan fingerprint density at radius 2 is 2.19 bits per heavy atom. The molecule has 2 unspecified atom stereocenters. The molecule has 116 valence electrons. The first-order valence-corrected chi connectivity index (χ1v) is 7.95. The number of piperidine rings is 1. The third-order valence-corrected chi connectivity index (χ3v) is 5.00. The Labute approximate surface area is 126 Å². The predicted octanol–water partition coefficient (Wildman–Crippen LogP) is 1.30. The van der Waals surface area contributed by atoms with Crippen molar-refractivity contribution < 1.29 is 10.2 Å². The van der Waals surface area contributed by atoms with E-state index >= 15 is 0 Å². The number of aryl methyl sites for hydroxylation is 1. The number of hydrogen-bond acceptors (Lipinski definition) is 5.